The summed E-state index contributed by atoms with van der Waals surface area (Å²) in [5.41, 5.74) is 6.23. The van der Waals surface area contributed by atoms with Gasteiger partial charge in [-0.15, -0.1) is 0 Å². The van der Waals surface area contributed by atoms with Crippen molar-refractivity contribution in [2.45, 2.75) is 70.5 Å². The lowest BCUT2D eigenvalue weighted by molar-refractivity contribution is -0.126. The number of nitrogens with two attached hydrogens (primary N) is 1. The van der Waals surface area contributed by atoms with Gasteiger partial charge in [-0.25, -0.2) is 0 Å². The van der Waals surface area contributed by atoms with Crippen molar-refractivity contribution in [3.63, 3.8) is 0 Å². The fourth-order valence-electron chi connectivity index (χ4n) is 3.32. The van der Waals surface area contributed by atoms with Gasteiger partial charge in [-0.05, 0) is 46.5 Å². The molecule has 110 valence electrons. The molecule has 0 aromatic heterocycles. The maximum absolute atomic E-state index is 12.2. The number of carbonyl (C=O) groups is 1. The zero-order valence-electron chi connectivity index (χ0n) is 12.6. The third-order valence-electron chi connectivity index (χ3n) is 4.70. The molecule has 0 aromatic rings. The van der Waals surface area contributed by atoms with Crippen LogP contribution in [0.15, 0.2) is 0 Å². The van der Waals surface area contributed by atoms with Crippen LogP contribution in [-0.4, -0.2) is 41.5 Å². The molecule has 1 heterocycles. The van der Waals surface area contributed by atoms with Crippen molar-refractivity contribution in [2.75, 3.05) is 13.1 Å². The molecule has 2 aliphatic rings. The molecule has 1 saturated carbocycles. The fourth-order valence-corrected chi connectivity index (χ4v) is 3.32. The average Bonchev–Trinajstić information content (AvgIpc) is 2.75. The minimum atomic E-state index is 0.0562. The molecule has 1 amide bonds. The molecule has 3 N–H and O–H groups in total. The van der Waals surface area contributed by atoms with E-state index in [1.165, 1.54) is 0 Å². The molecule has 2 unspecified atom stereocenters. The number of carbonyl (C=O) groups excluding carboxylic acids is 1. The SMILES string of the molecule is CC(C)(C)N1CCC(NC(=O)C2CCCC2N)CC1. The van der Waals surface area contributed by atoms with Gasteiger partial charge in [-0.1, -0.05) is 6.42 Å². The largest absolute Gasteiger partial charge is 0.353 e. The van der Waals surface area contributed by atoms with E-state index >= 15 is 0 Å². The Morgan fingerprint density at radius 3 is 2.26 bits per heavy atom. The summed E-state index contributed by atoms with van der Waals surface area (Å²) in [6.45, 7) is 8.91. The first kappa shape index (κ1) is 14.8. The van der Waals surface area contributed by atoms with Crippen molar-refractivity contribution in [3.05, 3.63) is 0 Å². The van der Waals surface area contributed by atoms with Crippen LogP contribution >= 0.6 is 0 Å². The minimum absolute atomic E-state index is 0.0562. The molecule has 0 aromatic carbocycles. The quantitative estimate of drug-likeness (QED) is 0.797. The van der Waals surface area contributed by atoms with Gasteiger partial charge in [-0.3, -0.25) is 9.69 Å². The van der Waals surface area contributed by atoms with Gasteiger partial charge in [-0.2, -0.15) is 0 Å². The molecule has 2 rings (SSSR count). The second kappa shape index (κ2) is 5.80. The lowest BCUT2D eigenvalue weighted by Gasteiger charge is -2.41. The monoisotopic (exact) mass is 267 g/mol. The molecule has 4 nitrogen and oxygen atoms in total. The van der Waals surface area contributed by atoms with Crippen LogP contribution in [0.3, 0.4) is 0 Å². The second-order valence-corrected chi connectivity index (χ2v) is 7.14. The summed E-state index contributed by atoms with van der Waals surface area (Å²) in [6.07, 6.45) is 5.19. The summed E-state index contributed by atoms with van der Waals surface area (Å²) >= 11 is 0. The molecule has 1 aliphatic heterocycles. The number of rotatable bonds is 2. The van der Waals surface area contributed by atoms with E-state index in [1.54, 1.807) is 0 Å². The number of hydrogen-bond acceptors (Lipinski definition) is 3. The van der Waals surface area contributed by atoms with Gasteiger partial charge in [0.2, 0.25) is 5.91 Å². The third-order valence-corrected chi connectivity index (χ3v) is 4.70. The zero-order chi connectivity index (χ0) is 14.0. The number of nitrogens with one attached hydrogen (secondary N) is 1. The number of piperidine rings is 1. The number of amides is 1. The molecular weight excluding hydrogens is 238 g/mol. The lowest BCUT2D eigenvalue weighted by atomic mass is 9.96. The van der Waals surface area contributed by atoms with E-state index < -0.39 is 0 Å². The van der Waals surface area contributed by atoms with E-state index in [4.69, 9.17) is 5.73 Å². The maximum atomic E-state index is 12.2. The van der Waals surface area contributed by atoms with Crippen molar-refractivity contribution < 1.29 is 4.79 Å². The van der Waals surface area contributed by atoms with Crippen LogP contribution in [0.4, 0.5) is 0 Å². The fraction of sp³-hybridized carbons (Fsp3) is 0.933. The van der Waals surface area contributed by atoms with Crippen molar-refractivity contribution >= 4 is 5.91 Å². The lowest BCUT2D eigenvalue weighted by Crippen LogP contribution is -2.52. The van der Waals surface area contributed by atoms with Crippen LogP contribution in [0.1, 0.15) is 52.9 Å². The van der Waals surface area contributed by atoms with E-state index in [1.807, 2.05) is 0 Å². The highest BCUT2D eigenvalue weighted by atomic mass is 16.2. The highest BCUT2D eigenvalue weighted by Gasteiger charge is 2.33. The van der Waals surface area contributed by atoms with Gasteiger partial charge in [0.1, 0.15) is 0 Å². The van der Waals surface area contributed by atoms with Crippen LogP contribution < -0.4 is 11.1 Å². The summed E-state index contributed by atoms with van der Waals surface area (Å²) in [6, 6.07) is 0.425. The highest BCUT2D eigenvalue weighted by molar-refractivity contribution is 5.80. The summed E-state index contributed by atoms with van der Waals surface area (Å²) in [7, 11) is 0. The Bertz CT molecular complexity index is 316. The van der Waals surface area contributed by atoms with E-state index in [-0.39, 0.29) is 23.4 Å². The molecule has 0 radical (unpaired) electrons. The van der Waals surface area contributed by atoms with Crippen LogP contribution in [0, 0.1) is 5.92 Å². The van der Waals surface area contributed by atoms with E-state index in [0.717, 1.165) is 45.2 Å². The summed E-state index contributed by atoms with van der Waals surface area (Å²) < 4.78 is 0. The van der Waals surface area contributed by atoms with Crippen LogP contribution in [-0.2, 0) is 4.79 Å². The molecule has 0 bridgehead atoms. The number of nitrogens with zero attached hydrogens (tertiary/aromatic N) is 1. The van der Waals surface area contributed by atoms with Crippen LogP contribution in [0.2, 0.25) is 0 Å². The second-order valence-electron chi connectivity index (χ2n) is 7.14. The van der Waals surface area contributed by atoms with E-state index in [2.05, 4.69) is 31.0 Å². The van der Waals surface area contributed by atoms with Crippen LogP contribution in [0.5, 0.6) is 0 Å². The minimum Gasteiger partial charge on any atom is -0.353 e. The Morgan fingerprint density at radius 1 is 1.16 bits per heavy atom. The van der Waals surface area contributed by atoms with E-state index in [9.17, 15) is 4.79 Å². The van der Waals surface area contributed by atoms with Crippen molar-refractivity contribution in [2.24, 2.45) is 11.7 Å². The Hall–Kier alpha value is -0.610. The van der Waals surface area contributed by atoms with Gasteiger partial charge in [0.25, 0.3) is 0 Å². The average molecular weight is 267 g/mol. The van der Waals surface area contributed by atoms with Gasteiger partial charge < -0.3 is 11.1 Å². The maximum Gasteiger partial charge on any atom is 0.224 e. The van der Waals surface area contributed by atoms with Gasteiger partial charge in [0.15, 0.2) is 0 Å². The molecule has 1 aliphatic carbocycles. The number of likely N-dealkylation sites (tertiary alicyclic amines) is 1. The van der Waals surface area contributed by atoms with Crippen molar-refractivity contribution in [1.29, 1.82) is 0 Å². The Morgan fingerprint density at radius 2 is 1.79 bits per heavy atom. The summed E-state index contributed by atoms with van der Waals surface area (Å²) in [5.74, 6) is 0.250. The molecule has 2 atom stereocenters. The first-order valence-corrected chi connectivity index (χ1v) is 7.69. The van der Waals surface area contributed by atoms with Crippen molar-refractivity contribution in [3.8, 4) is 0 Å². The standard InChI is InChI=1S/C15H29N3O/c1-15(2,3)18-9-7-11(8-10-18)17-14(19)12-5-4-6-13(12)16/h11-13H,4-10,16H2,1-3H3,(H,17,19). The highest BCUT2D eigenvalue weighted by Crippen LogP contribution is 2.25. The zero-order valence-corrected chi connectivity index (χ0v) is 12.6. The Labute approximate surface area is 117 Å². The molecular formula is C15H29N3O. The number of hydrogen-bond donors (Lipinski definition) is 2. The Balaban J connectivity index is 1.78. The molecule has 2 fully saturated rings. The molecule has 19 heavy (non-hydrogen) atoms. The topological polar surface area (TPSA) is 58.4 Å². The predicted molar refractivity (Wildman–Crippen MR) is 77.8 cm³/mol. The van der Waals surface area contributed by atoms with Crippen molar-refractivity contribution in [1.82, 2.24) is 10.2 Å². The van der Waals surface area contributed by atoms with Crippen LogP contribution in [0.25, 0.3) is 0 Å². The van der Waals surface area contributed by atoms with Gasteiger partial charge >= 0.3 is 0 Å². The Kier molecular flexibility index (Phi) is 4.51. The molecule has 0 spiro atoms. The first-order chi connectivity index (χ1) is 8.88. The molecule has 4 heteroatoms. The smallest absolute Gasteiger partial charge is 0.224 e. The molecule has 1 saturated heterocycles. The normalized spacial score (nSPS) is 30.5. The third kappa shape index (κ3) is 3.69. The summed E-state index contributed by atoms with van der Waals surface area (Å²) in [5, 5.41) is 3.22. The first-order valence-electron chi connectivity index (χ1n) is 7.69. The predicted octanol–water partition coefficient (Wildman–Crippen LogP) is 1.49. The van der Waals surface area contributed by atoms with Gasteiger partial charge in [0.05, 0.1) is 5.92 Å². The van der Waals surface area contributed by atoms with E-state index in [0.29, 0.717) is 6.04 Å². The summed E-state index contributed by atoms with van der Waals surface area (Å²) in [4.78, 5) is 14.7. The van der Waals surface area contributed by atoms with Gasteiger partial charge in [0, 0.05) is 30.7 Å².